The molecule has 1 amide bonds. The molecule has 1 aromatic carbocycles. The maximum absolute atomic E-state index is 11.7. The van der Waals surface area contributed by atoms with E-state index < -0.39 is 5.97 Å². The molecule has 98 valence electrons. The molecule has 2 aromatic rings. The van der Waals surface area contributed by atoms with Gasteiger partial charge >= 0.3 is 5.97 Å². The number of amides is 1. The molecule has 1 aromatic heterocycles. The number of esters is 1. The van der Waals surface area contributed by atoms with E-state index in [-0.39, 0.29) is 18.3 Å². The van der Waals surface area contributed by atoms with Gasteiger partial charge in [-0.25, -0.2) is 14.5 Å². The van der Waals surface area contributed by atoms with Crippen LogP contribution in [0.15, 0.2) is 36.7 Å². The zero-order valence-corrected chi connectivity index (χ0v) is 10.2. The summed E-state index contributed by atoms with van der Waals surface area (Å²) in [6.07, 6.45) is 1.30. The minimum atomic E-state index is -0.637. The normalized spacial score (nSPS) is 9.95. The van der Waals surface area contributed by atoms with Gasteiger partial charge in [-0.3, -0.25) is 4.79 Å². The van der Waals surface area contributed by atoms with E-state index >= 15 is 0 Å². The zero-order valence-electron chi connectivity index (χ0n) is 10.2. The highest BCUT2D eigenvalue weighted by atomic mass is 16.5. The molecular formula is C12H12N4O3. The Labute approximate surface area is 109 Å². The highest BCUT2D eigenvalue weighted by Gasteiger charge is 2.12. The van der Waals surface area contributed by atoms with Crippen LogP contribution in [-0.4, -0.2) is 33.8 Å². The van der Waals surface area contributed by atoms with Gasteiger partial charge in [0.05, 0.1) is 7.11 Å². The second kappa shape index (κ2) is 5.76. The van der Waals surface area contributed by atoms with E-state index in [2.05, 4.69) is 20.1 Å². The van der Waals surface area contributed by atoms with E-state index in [0.717, 1.165) is 0 Å². The number of benzene rings is 1. The molecule has 1 N–H and O–H groups in total. The van der Waals surface area contributed by atoms with Gasteiger partial charge in [0.1, 0.15) is 12.9 Å². The molecule has 0 saturated heterocycles. The Hall–Kier alpha value is -2.70. The number of ether oxygens (including phenoxy) is 1. The van der Waals surface area contributed by atoms with Crippen LogP contribution in [-0.2, 0) is 16.1 Å². The van der Waals surface area contributed by atoms with Crippen LogP contribution in [0.1, 0.15) is 10.6 Å². The summed E-state index contributed by atoms with van der Waals surface area (Å²) in [7, 11) is 1.24. The van der Waals surface area contributed by atoms with Gasteiger partial charge in [-0.05, 0) is 12.1 Å². The predicted molar refractivity (Wildman–Crippen MR) is 66.4 cm³/mol. The second-order valence-corrected chi connectivity index (χ2v) is 3.67. The lowest BCUT2D eigenvalue weighted by atomic mass is 10.3. The van der Waals surface area contributed by atoms with Gasteiger partial charge in [0.15, 0.2) is 0 Å². The van der Waals surface area contributed by atoms with Gasteiger partial charge in [-0.2, -0.15) is 0 Å². The quantitative estimate of drug-likeness (QED) is 0.818. The van der Waals surface area contributed by atoms with E-state index in [9.17, 15) is 9.59 Å². The lowest BCUT2D eigenvalue weighted by Gasteiger charge is -2.04. The Balaban J connectivity index is 1.96. The Morgan fingerprint density at radius 2 is 2.05 bits per heavy atom. The number of methoxy groups -OCH3 is 1. The highest BCUT2D eigenvalue weighted by Crippen LogP contribution is 2.04. The van der Waals surface area contributed by atoms with Crippen molar-refractivity contribution in [2.45, 2.75) is 6.54 Å². The molecule has 0 unspecified atom stereocenters. The molecule has 0 aliphatic heterocycles. The number of aromatic nitrogens is 3. The van der Waals surface area contributed by atoms with Crippen LogP contribution in [0.5, 0.6) is 0 Å². The van der Waals surface area contributed by atoms with Crippen molar-refractivity contribution in [1.82, 2.24) is 14.8 Å². The Kier molecular flexibility index (Phi) is 3.87. The second-order valence-electron chi connectivity index (χ2n) is 3.67. The Morgan fingerprint density at radius 1 is 1.32 bits per heavy atom. The number of hydrogen-bond donors (Lipinski definition) is 1. The maximum atomic E-state index is 11.7. The SMILES string of the molecule is COC(=O)c1ncn(CC(=O)Nc2ccccc2)n1. The summed E-state index contributed by atoms with van der Waals surface area (Å²) in [4.78, 5) is 26.6. The number of nitrogens with zero attached hydrogens (tertiary/aromatic N) is 3. The number of hydrogen-bond acceptors (Lipinski definition) is 5. The van der Waals surface area contributed by atoms with Crippen LogP contribution in [0.2, 0.25) is 0 Å². The zero-order chi connectivity index (χ0) is 13.7. The van der Waals surface area contributed by atoms with Crippen LogP contribution < -0.4 is 5.32 Å². The molecule has 0 fully saturated rings. The fourth-order valence-corrected chi connectivity index (χ4v) is 1.42. The van der Waals surface area contributed by atoms with Crippen LogP contribution in [0, 0.1) is 0 Å². The first-order valence-corrected chi connectivity index (χ1v) is 5.51. The number of para-hydroxylation sites is 1. The molecule has 0 bridgehead atoms. The molecule has 2 rings (SSSR count). The van der Waals surface area contributed by atoms with Crippen molar-refractivity contribution < 1.29 is 14.3 Å². The summed E-state index contributed by atoms with van der Waals surface area (Å²) in [5.74, 6) is -0.968. The van der Waals surface area contributed by atoms with Crippen molar-refractivity contribution in [3.63, 3.8) is 0 Å². The van der Waals surface area contributed by atoms with E-state index in [1.54, 1.807) is 12.1 Å². The van der Waals surface area contributed by atoms with Crippen molar-refractivity contribution >= 4 is 17.6 Å². The summed E-state index contributed by atoms with van der Waals surface area (Å²) in [6, 6.07) is 9.05. The Bertz CT molecular complexity index is 580. The largest absolute Gasteiger partial charge is 0.463 e. The van der Waals surface area contributed by atoms with Crippen LogP contribution in [0.4, 0.5) is 5.69 Å². The van der Waals surface area contributed by atoms with Gasteiger partial charge in [0.2, 0.25) is 5.91 Å². The molecular weight excluding hydrogens is 248 g/mol. The molecule has 0 radical (unpaired) electrons. The molecule has 0 aliphatic carbocycles. The third-order valence-corrected chi connectivity index (χ3v) is 2.27. The topological polar surface area (TPSA) is 86.1 Å². The minimum absolute atomic E-state index is 0.0289. The van der Waals surface area contributed by atoms with Crippen molar-refractivity contribution in [1.29, 1.82) is 0 Å². The predicted octanol–water partition coefficient (Wildman–Crippen LogP) is 0.703. The molecule has 0 spiro atoms. The first-order valence-electron chi connectivity index (χ1n) is 5.51. The first-order chi connectivity index (χ1) is 9.19. The van der Waals surface area contributed by atoms with Gasteiger partial charge in [0.25, 0.3) is 5.82 Å². The molecule has 19 heavy (non-hydrogen) atoms. The number of carbonyl (C=O) groups is 2. The van der Waals surface area contributed by atoms with E-state index in [1.807, 2.05) is 18.2 Å². The highest BCUT2D eigenvalue weighted by molar-refractivity contribution is 5.90. The van der Waals surface area contributed by atoms with Gasteiger partial charge in [0, 0.05) is 5.69 Å². The number of nitrogens with one attached hydrogen (secondary N) is 1. The fraction of sp³-hybridized carbons (Fsp3) is 0.167. The van der Waals surface area contributed by atoms with Gasteiger partial charge in [-0.15, -0.1) is 5.10 Å². The molecule has 7 heteroatoms. The molecule has 7 nitrogen and oxygen atoms in total. The van der Waals surface area contributed by atoms with Gasteiger partial charge in [-0.1, -0.05) is 18.2 Å². The Morgan fingerprint density at radius 3 is 2.74 bits per heavy atom. The molecule has 1 heterocycles. The average molecular weight is 260 g/mol. The molecule has 0 atom stereocenters. The third kappa shape index (κ3) is 3.38. The number of rotatable bonds is 4. The first kappa shape index (κ1) is 12.7. The van der Waals surface area contributed by atoms with Crippen LogP contribution in [0.25, 0.3) is 0 Å². The summed E-state index contributed by atoms with van der Waals surface area (Å²) < 4.78 is 5.74. The van der Waals surface area contributed by atoms with Crippen molar-refractivity contribution in [2.24, 2.45) is 0 Å². The van der Waals surface area contributed by atoms with E-state index in [1.165, 1.54) is 18.1 Å². The smallest absolute Gasteiger partial charge is 0.377 e. The number of carbonyl (C=O) groups excluding carboxylic acids is 2. The van der Waals surface area contributed by atoms with Gasteiger partial charge < -0.3 is 10.1 Å². The molecule has 0 saturated carbocycles. The van der Waals surface area contributed by atoms with E-state index in [4.69, 9.17) is 0 Å². The van der Waals surface area contributed by atoms with Crippen molar-refractivity contribution in [3.05, 3.63) is 42.5 Å². The standard InChI is InChI=1S/C12H12N4O3/c1-19-12(18)11-13-8-16(15-11)7-10(17)14-9-5-3-2-4-6-9/h2-6,8H,7H2,1H3,(H,14,17). The van der Waals surface area contributed by atoms with Crippen molar-refractivity contribution in [2.75, 3.05) is 12.4 Å². The maximum Gasteiger partial charge on any atom is 0.377 e. The summed E-state index contributed by atoms with van der Waals surface area (Å²) in [6.45, 7) is -0.0289. The van der Waals surface area contributed by atoms with Crippen LogP contribution >= 0.6 is 0 Å². The summed E-state index contributed by atoms with van der Waals surface area (Å²) in [5.41, 5.74) is 0.695. The summed E-state index contributed by atoms with van der Waals surface area (Å²) in [5, 5.41) is 6.53. The number of anilines is 1. The molecule has 0 aliphatic rings. The summed E-state index contributed by atoms with van der Waals surface area (Å²) >= 11 is 0. The van der Waals surface area contributed by atoms with E-state index in [0.29, 0.717) is 5.69 Å². The lowest BCUT2D eigenvalue weighted by molar-refractivity contribution is -0.116. The lowest BCUT2D eigenvalue weighted by Crippen LogP contribution is -2.19. The van der Waals surface area contributed by atoms with Crippen LogP contribution in [0.3, 0.4) is 0 Å². The monoisotopic (exact) mass is 260 g/mol. The fourth-order valence-electron chi connectivity index (χ4n) is 1.42. The average Bonchev–Trinajstić information content (AvgIpc) is 2.87. The third-order valence-electron chi connectivity index (χ3n) is 2.27. The van der Waals surface area contributed by atoms with Crippen molar-refractivity contribution in [3.8, 4) is 0 Å². The minimum Gasteiger partial charge on any atom is -0.463 e.